The average molecular weight is 691 g/mol. The summed E-state index contributed by atoms with van der Waals surface area (Å²) in [6, 6.07) is 0. The molecule has 0 aliphatic carbocycles. The molecule has 0 fully saturated rings. The summed E-state index contributed by atoms with van der Waals surface area (Å²) < 4.78 is 26.3. The quantitative estimate of drug-likeness (QED) is 0.0383. The van der Waals surface area contributed by atoms with Gasteiger partial charge in [0.2, 0.25) is 0 Å². The Hall–Kier alpha value is -0.950. The fraction of sp³-hybridized carbons (Fsp3) is 0.947. The SMILES string of the molecule is CCC(C)CCCCCCCCC(=O)OC[C@H](COP(=O)(O)O)OC(=O)CCCCCCCCCCCCCCCCCCC(C)C. The molecule has 1 unspecified atom stereocenters. The number of rotatable bonds is 35. The van der Waals surface area contributed by atoms with Crippen LogP contribution in [0.1, 0.15) is 201 Å². The summed E-state index contributed by atoms with van der Waals surface area (Å²) in [5.41, 5.74) is 0. The molecule has 280 valence electrons. The smallest absolute Gasteiger partial charge is 0.462 e. The van der Waals surface area contributed by atoms with Gasteiger partial charge in [-0.15, -0.1) is 0 Å². The summed E-state index contributed by atoms with van der Waals surface area (Å²) >= 11 is 0. The molecule has 0 heterocycles. The van der Waals surface area contributed by atoms with Crippen molar-refractivity contribution in [3.05, 3.63) is 0 Å². The maximum absolute atomic E-state index is 12.4. The number of esters is 2. The Labute approximate surface area is 289 Å². The average Bonchev–Trinajstić information content (AvgIpc) is 3.02. The highest BCUT2D eigenvalue weighted by molar-refractivity contribution is 7.46. The summed E-state index contributed by atoms with van der Waals surface area (Å²) in [4.78, 5) is 42.7. The van der Waals surface area contributed by atoms with E-state index in [2.05, 4.69) is 32.2 Å². The molecule has 47 heavy (non-hydrogen) atoms. The molecule has 0 amide bonds. The van der Waals surface area contributed by atoms with Gasteiger partial charge in [-0.05, 0) is 24.7 Å². The summed E-state index contributed by atoms with van der Waals surface area (Å²) in [5.74, 6) is 0.753. The lowest BCUT2D eigenvalue weighted by Crippen LogP contribution is -2.29. The molecule has 0 rings (SSSR count). The zero-order chi connectivity index (χ0) is 35.0. The van der Waals surface area contributed by atoms with Crippen LogP contribution >= 0.6 is 7.82 Å². The maximum atomic E-state index is 12.4. The number of carbonyl (C=O) groups is 2. The first-order chi connectivity index (χ1) is 22.5. The number of ether oxygens (including phenoxy) is 2. The molecule has 8 nitrogen and oxygen atoms in total. The predicted octanol–water partition coefficient (Wildman–Crippen LogP) is 11.4. The van der Waals surface area contributed by atoms with Gasteiger partial charge < -0.3 is 19.3 Å². The van der Waals surface area contributed by atoms with Crippen molar-refractivity contribution in [2.24, 2.45) is 11.8 Å². The van der Waals surface area contributed by atoms with Crippen molar-refractivity contribution < 1.29 is 37.9 Å². The predicted molar refractivity (Wildman–Crippen MR) is 193 cm³/mol. The Kier molecular flexibility index (Phi) is 31.6. The highest BCUT2D eigenvalue weighted by Gasteiger charge is 2.22. The molecule has 0 spiro atoms. The Bertz CT molecular complexity index is 769. The van der Waals surface area contributed by atoms with Crippen molar-refractivity contribution in [3.63, 3.8) is 0 Å². The van der Waals surface area contributed by atoms with Gasteiger partial charge in [-0.1, -0.05) is 175 Å². The Morgan fingerprint density at radius 2 is 0.936 bits per heavy atom. The van der Waals surface area contributed by atoms with Crippen LogP contribution in [0.25, 0.3) is 0 Å². The summed E-state index contributed by atoms with van der Waals surface area (Å²) in [5, 5.41) is 0. The molecule has 0 aromatic rings. The van der Waals surface area contributed by atoms with E-state index in [4.69, 9.17) is 19.3 Å². The molecule has 0 bridgehead atoms. The van der Waals surface area contributed by atoms with Gasteiger partial charge in [0.05, 0.1) is 6.61 Å². The normalized spacial score (nSPS) is 13.2. The van der Waals surface area contributed by atoms with Gasteiger partial charge in [-0.2, -0.15) is 0 Å². The third kappa shape index (κ3) is 36.2. The largest absolute Gasteiger partial charge is 0.469 e. The van der Waals surface area contributed by atoms with Crippen LogP contribution in [0.4, 0.5) is 0 Å². The van der Waals surface area contributed by atoms with Crippen molar-refractivity contribution in [2.45, 2.75) is 207 Å². The van der Waals surface area contributed by atoms with Crippen LogP contribution in [0.3, 0.4) is 0 Å². The standard InChI is InChI=1S/C38H75O8P/c1-5-35(4)29-25-21-18-19-22-26-30-37(39)44-32-36(33-45-47(41,42)43)46-38(40)31-27-23-17-15-13-11-9-7-6-8-10-12-14-16-20-24-28-34(2)3/h34-36H,5-33H2,1-4H3,(H2,41,42,43)/t35?,36-/m1/s1. The van der Waals surface area contributed by atoms with Gasteiger partial charge in [0.1, 0.15) is 6.61 Å². The number of unbranched alkanes of at least 4 members (excludes halogenated alkanes) is 20. The first kappa shape index (κ1) is 46.0. The first-order valence-electron chi connectivity index (χ1n) is 19.6. The molecule has 0 saturated carbocycles. The lowest BCUT2D eigenvalue weighted by molar-refractivity contribution is -0.161. The van der Waals surface area contributed by atoms with Crippen molar-refractivity contribution >= 4 is 19.8 Å². The van der Waals surface area contributed by atoms with Crippen molar-refractivity contribution in [1.29, 1.82) is 0 Å². The Balaban J connectivity index is 3.87. The molecule has 0 aliphatic rings. The van der Waals surface area contributed by atoms with Crippen molar-refractivity contribution in [1.82, 2.24) is 0 Å². The van der Waals surface area contributed by atoms with Crippen LogP contribution in [-0.2, 0) is 28.2 Å². The third-order valence-corrected chi connectivity index (χ3v) is 9.58. The highest BCUT2D eigenvalue weighted by atomic mass is 31.2. The minimum atomic E-state index is -4.74. The molecule has 0 radical (unpaired) electrons. The number of hydrogen-bond acceptors (Lipinski definition) is 6. The summed E-state index contributed by atoms with van der Waals surface area (Å²) in [7, 11) is -4.74. The molecule has 9 heteroatoms. The molecule has 2 atom stereocenters. The van der Waals surface area contributed by atoms with Gasteiger partial charge in [-0.25, -0.2) is 4.57 Å². The van der Waals surface area contributed by atoms with Crippen molar-refractivity contribution in [2.75, 3.05) is 13.2 Å². The van der Waals surface area contributed by atoms with E-state index >= 15 is 0 Å². The van der Waals surface area contributed by atoms with E-state index in [9.17, 15) is 14.2 Å². The second kappa shape index (κ2) is 32.3. The van der Waals surface area contributed by atoms with Gasteiger partial charge in [0.25, 0.3) is 0 Å². The van der Waals surface area contributed by atoms with E-state index in [0.29, 0.717) is 6.42 Å². The van der Waals surface area contributed by atoms with Crippen LogP contribution in [-0.4, -0.2) is 41.0 Å². The van der Waals surface area contributed by atoms with Gasteiger partial charge >= 0.3 is 19.8 Å². The van der Waals surface area contributed by atoms with Crippen LogP contribution < -0.4 is 0 Å². The van der Waals surface area contributed by atoms with Crippen LogP contribution in [0.5, 0.6) is 0 Å². The molecular formula is C38H75O8P. The molecule has 0 aromatic heterocycles. The van der Waals surface area contributed by atoms with Gasteiger partial charge in [-0.3, -0.25) is 14.1 Å². The van der Waals surface area contributed by atoms with E-state index in [1.807, 2.05) is 0 Å². The van der Waals surface area contributed by atoms with Gasteiger partial charge in [0.15, 0.2) is 6.10 Å². The van der Waals surface area contributed by atoms with E-state index in [-0.39, 0.29) is 19.4 Å². The van der Waals surface area contributed by atoms with Crippen LogP contribution in [0.2, 0.25) is 0 Å². The van der Waals surface area contributed by atoms with E-state index < -0.39 is 32.5 Å². The van der Waals surface area contributed by atoms with Crippen LogP contribution in [0.15, 0.2) is 0 Å². The maximum Gasteiger partial charge on any atom is 0.469 e. The van der Waals surface area contributed by atoms with Crippen molar-refractivity contribution in [3.8, 4) is 0 Å². The van der Waals surface area contributed by atoms with Crippen LogP contribution in [0, 0.1) is 11.8 Å². The molecule has 0 saturated heterocycles. The fourth-order valence-electron chi connectivity index (χ4n) is 5.77. The molecule has 0 aliphatic heterocycles. The van der Waals surface area contributed by atoms with Gasteiger partial charge in [0, 0.05) is 12.8 Å². The Morgan fingerprint density at radius 1 is 0.553 bits per heavy atom. The third-order valence-electron chi connectivity index (χ3n) is 9.09. The first-order valence-corrected chi connectivity index (χ1v) is 21.1. The minimum Gasteiger partial charge on any atom is -0.462 e. The number of phosphoric ester groups is 1. The highest BCUT2D eigenvalue weighted by Crippen LogP contribution is 2.36. The number of carbonyl (C=O) groups excluding carboxylic acids is 2. The van der Waals surface area contributed by atoms with E-state index in [0.717, 1.165) is 43.9 Å². The second-order valence-corrected chi connectivity index (χ2v) is 15.6. The second-order valence-electron chi connectivity index (χ2n) is 14.3. The summed E-state index contributed by atoms with van der Waals surface area (Å²) in [6.07, 6.45) is 29.8. The lowest BCUT2D eigenvalue weighted by Gasteiger charge is -2.18. The summed E-state index contributed by atoms with van der Waals surface area (Å²) in [6.45, 7) is 8.32. The number of hydrogen-bond donors (Lipinski definition) is 2. The Morgan fingerprint density at radius 3 is 1.34 bits per heavy atom. The monoisotopic (exact) mass is 691 g/mol. The molecule has 2 N–H and O–H groups in total. The fourth-order valence-corrected chi connectivity index (χ4v) is 6.13. The zero-order valence-corrected chi connectivity index (χ0v) is 31.9. The van der Waals surface area contributed by atoms with E-state index in [1.165, 1.54) is 122 Å². The minimum absolute atomic E-state index is 0.218. The topological polar surface area (TPSA) is 119 Å². The number of phosphoric acid groups is 1. The lowest BCUT2D eigenvalue weighted by atomic mass is 10.00. The zero-order valence-electron chi connectivity index (χ0n) is 31.0. The molecule has 0 aromatic carbocycles. The van der Waals surface area contributed by atoms with E-state index in [1.54, 1.807) is 0 Å². The molecular weight excluding hydrogens is 615 g/mol.